The van der Waals surface area contributed by atoms with Crippen LogP contribution < -0.4 is 5.32 Å². The van der Waals surface area contributed by atoms with E-state index in [2.05, 4.69) is 40.3 Å². The standard InChI is InChI=1S/C19H25BrN2O/c1-13-9-15(20)10-17-18(13)16(12-22(17)2)19(23)21-11-14-7-5-3-4-6-8-14/h9-10,12,14H,3-8,11H2,1-2H3,(H,21,23). The van der Waals surface area contributed by atoms with E-state index in [0.717, 1.165) is 33.0 Å². The van der Waals surface area contributed by atoms with E-state index in [1.165, 1.54) is 38.5 Å². The fraction of sp³-hybridized carbons (Fsp3) is 0.526. The number of hydrogen-bond acceptors (Lipinski definition) is 1. The first-order valence-electron chi connectivity index (χ1n) is 8.59. The van der Waals surface area contributed by atoms with Crippen molar-refractivity contribution in [3.63, 3.8) is 0 Å². The lowest BCUT2D eigenvalue weighted by atomic mass is 10.00. The minimum absolute atomic E-state index is 0.0604. The first-order chi connectivity index (χ1) is 11.1. The van der Waals surface area contributed by atoms with Crippen LogP contribution in [0.5, 0.6) is 0 Å². The highest BCUT2D eigenvalue weighted by Gasteiger charge is 2.18. The number of aromatic nitrogens is 1. The third kappa shape index (κ3) is 3.63. The third-order valence-electron chi connectivity index (χ3n) is 5.02. The molecule has 1 N–H and O–H groups in total. The maximum Gasteiger partial charge on any atom is 0.253 e. The number of aryl methyl sites for hydroxylation is 2. The number of hydrogen-bond donors (Lipinski definition) is 1. The van der Waals surface area contributed by atoms with Crippen molar-refractivity contribution in [3.8, 4) is 0 Å². The van der Waals surface area contributed by atoms with Gasteiger partial charge < -0.3 is 9.88 Å². The predicted octanol–water partition coefficient (Wildman–Crippen LogP) is 4.95. The maximum absolute atomic E-state index is 12.7. The van der Waals surface area contributed by atoms with Crippen molar-refractivity contribution in [2.75, 3.05) is 6.54 Å². The third-order valence-corrected chi connectivity index (χ3v) is 5.48. The highest BCUT2D eigenvalue weighted by Crippen LogP contribution is 2.28. The number of carbonyl (C=O) groups excluding carboxylic acids is 1. The van der Waals surface area contributed by atoms with Crippen molar-refractivity contribution in [1.82, 2.24) is 9.88 Å². The van der Waals surface area contributed by atoms with Crippen LogP contribution in [-0.4, -0.2) is 17.0 Å². The molecule has 0 unspecified atom stereocenters. The normalized spacial score (nSPS) is 16.5. The maximum atomic E-state index is 12.7. The quantitative estimate of drug-likeness (QED) is 0.755. The molecule has 1 saturated carbocycles. The molecule has 3 rings (SSSR count). The van der Waals surface area contributed by atoms with Gasteiger partial charge >= 0.3 is 0 Å². The van der Waals surface area contributed by atoms with Crippen molar-refractivity contribution in [1.29, 1.82) is 0 Å². The van der Waals surface area contributed by atoms with E-state index in [0.29, 0.717) is 5.92 Å². The largest absolute Gasteiger partial charge is 0.352 e. The number of carbonyl (C=O) groups is 1. The zero-order valence-electron chi connectivity index (χ0n) is 14.0. The Balaban J connectivity index is 1.78. The van der Waals surface area contributed by atoms with E-state index in [1.807, 2.05) is 17.8 Å². The summed E-state index contributed by atoms with van der Waals surface area (Å²) >= 11 is 3.54. The molecule has 1 aliphatic carbocycles. The van der Waals surface area contributed by atoms with Gasteiger partial charge in [-0.15, -0.1) is 0 Å². The Kier molecular flexibility index (Phi) is 5.10. The minimum atomic E-state index is 0.0604. The molecule has 3 nitrogen and oxygen atoms in total. The second-order valence-electron chi connectivity index (χ2n) is 6.84. The Hall–Kier alpha value is -1.29. The summed E-state index contributed by atoms with van der Waals surface area (Å²) in [6.07, 6.45) is 9.77. The van der Waals surface area contributed by atoms with Gasteiger partial charge in [-0.05, 0) is 43.4 Å². The Morgan fingerprint density at radius 1 is 1.26 bits per heavy atom. The molecule has 1 aromatic heterocycles. The summed E-state index contributed by atoms with van der Waals surface area (Å²) in [5, 5.41) is 4.24. The number of benzene rings is 1. The van der Waals surface area contributed by atoms with Crippen LogP contribution >= 0.6 is 15.9 Å². The molecule has 1 aliphatic rings. The zero-order chi connectivity index (χ0) is 16.4. The van der Waals surface area contributed by atoms with Gasteiger partial charge in [0.2, 0.25) is 0 Å². The van der Waals surface area contributed by atoms with E-state index in [9.17, 15) is 4.79 Å². The van der Waals surface area contributed by atoms with Gasteiger partial charge in [0.05, 0.1) is 5.56 Å². The number of nitrogens with zero attached hydrogens (tertiary/aromatic N) is 1. The summed E-state index contributed by atoms with van der Waals surface area (Å²) in [6.45, 7) is 2.87. The van der Waals surface area contributed by atoms with E-state index in [1.54, 1.807) is 0 Å². The summed E-state index contributed by atoms with van der Waals surface area (Å²) in [4.78, 5) is 12.7. The van der Waals surface area contributed by atoms with Gasteiger partial charge in [0, 0.05) is 35.2 Å². The molecule has 0 saturated heterocycles. The molecule has 0 aliphatic heterocycles. The molecule has 0 spiro atoms. The van der Waals surface area contributed by atoms with Crippen LogP contribution in [0, 0.1) is 12.8 Å². The molecule has 1 aromatic carbocycles. The fourth-order valence-electron chi connectivity index (χ4n) is 3.75. The van der Waals surface area contributed by atoms with Crippen LogP contribution in [0.25, 0.3) is 10.9 Å². The second-order valence-corrected chi connectivity index (χ2v) is 7.75. The molecule has 1 fully saturated rings. The van der Waals surface area contributed by atoms with Gasteiger partial charge in [0.15, 0.2) is 0 Å². The lowest BCUT2D eigenvalue weighted by Crippen LogP contribution is -2.29. The van der Waals surface area contributed by atoms with Crippen molar-refractivity contribution >= 4 is 32.7 Å². The Labute approximate surface area is 146 Å². The number of nitrogens with one attached hydrogen (secondary N) is 1. The molecule has 23 heavy (non-hydrogen) atoms. The van der Waals surface area contributed by atoms with Gasteiger partial charge in [-0.25, -0.2) is 0 Å². The molecule has 0 bridgehead atoms. The summed E-state index contributed by atoms with van der Waals surface area (Å²) < 4.78 is 3.09. The molecule has 1 heterocycles. The molecule has 0 radical (unpaired) electrons. The van der Waals surface area contributed by atoms with Crippen LogP contribution in [0.1, 0.15) is 54.4 Å². The van der Waals surface area contributed by atoms with E-state index in [-0.39, 0.29) is 5.91 Å². The number of amides is 1. The number of rotatable bonds is 3. The summed E-state index contributed by atoms with van der Waals surface area (Å²) in [6, 6.07) is 4.15. The highest BCUT2D eigenvalue weighted by molar-refractivity contribution is 9.10. The smallest absolute Gasteiger partial charge is 0.253 e. The van der Waals surface area contributed by atoms with Crippen molar-refractivity contribution in [3.05, 3.63) is 33.9 Å². The topological polar surface area (TPSA) is 34.0 Å². The number of fused-ring (bicyclic) bond motifs is 1. The van der Waals surface area contributed by atoms with Gasteiger partial charge in [0.25, 0.3) is 5.91 Å². The van der Waals surface area contributed by atoms with Crippen molar-refractivity contribution in [2.45, 2.75) is 45.4 Å². The van der Waals surface area contributed by atoms with E-state index < -0.39 is 0 Å². The Bertz CT molecular complexity index is 712. The molecule has 0 atom stereocenters. The van der Waals surface area contributed by atoms with E-state index in [4.69, 9.17) is 0 Å². The molecule has 124 valence electrons. The summed E-state index contributed by atoms with van der Waals surface area (Å²) in [7, 11) is 2.00. The molecule has 2 aromatic rings. The first-order valence-corrected chi connectivity index (χ1v) is 9.39. The summed E-state index contributed by atoms with van der Waals surface area (Å²) in [5.74, 6) is 0.705. The summed E-state index contributed by atoms with van der Waals surface area (Å²) in [5.41, 5.74) is 3.02. The molecule has 4 heteroatoms. The second kappa shape index (κ2) is 7.08. The zero-order valence-corrected chi connectivity index (χ0v) is 15.6. The van der Waals surface area contributed by atoms with E-state index >= 15 is 0 Å². The van der Waals surface area contributed by atoms with Crippen LogP contribution in [0.4, 0.5) is 0 Å². The number of halogens is 1. The minimum Gasteiger partial charge on any atom is -0.352 e. The average molecular weight is 377 g/mol. The van der Waals surface area contributed by atoms with Crippen LogP contribution in [0.2, 0.25) is 0 Å². The molecular weight excluding hydrogens is 352 g/mol. The fourth-order valence-corrected chi connectivity index (χ4v) is 4.31. The van der Waals surface area contributed by atoms with Crippen molar-refractivity contribution in [2.24, 2.45) is 13.0 Å². The van der Waals surface area contributed by atoms with Gasteiger partial charge in [0.1, 0.15) is 0 Å². The van der Waals surface area contributed by atoms with Crippen LogP contribution in [-0.2, 0) is 7.05 Å². The van der Waals surface area contributed by atoms with Gasteiger partial charge in [-0.2, -0.15) is 0 Å². The van der Waals surface area contributed by atoms with Gasteiger partial charge in [-0.1, -0.05) is 41.6 Å². The monoisotopic (exact) mass is 376 g/mol. The Morgan fingerprint density at radius 2 is 1.96 bits per heavy atom. The SMILES string of the molecule is Cc1cc(Br)cc2c1c(C(=O)NCC1CCCCCC1)cn2C. The lowest BCUT2D eigenvalue weighted by Gasteiger charge is -2.14. The van der Waals surface area contributed by atoms with Gasteiger partial charge in [-0.3, -0.25) is 4.79 Å². The predicted molar refractivity (Wildman–Crippen MR) is 98.9 cm³/mol. The van der Waals surface area contributed by atoms with Crippen LogP contribution in [0.15, 0.2) is 22.8 Å². The first kappa shape index (κ1) is 16.6. The Morgan fingerprint density at radius 3 is 2.65 bits per heavy atom. The average Bonchev–Trinajstić information content (AvgIpc) is 2.71. The molecule has 1 amide bonds. The van der Waals surface area contributed by atoms with Crippen LogP contribution in [0.3, 0.4) is 0 Å². The molecular formula is C19H25BrN2O. The lowest BCUT2D eigenvalue weighted by molar-refractivity contribution is 0.0947. The highest BCUT2D eigenvalue weighted by atomic mass is 79.9. The van der Waals surface area contributed by atoms with Crippen molar-refractivity contribution < 1.29 is 4.79 Å².